The van der Waals surface area contributed by atoms with E-state index in [-0.39, 0.29) is 35.1 Å². The molecule has 0 aliphatic rings. The summed E-state index contributed by atoms with van der Waals surface area (Å²) >= 11 is 0. The molecule has 138 valence electrons. The number of aromatic amines is 1. The first-order valence-electron chi connectivity index (χ1n) is 7.17. The van der Waals surface area contributed by atoms with Gasteiger partial charge in [0.05, 0.1) is 11.7 Å². The molecule has 0 saturated carbocycles. The molecular weight excluding hydrogens is 410 g/mol. The van der Waals surface area contributed by atoms with E-state index in [1.807, 2.05) is 0 Å². The molecule has 9 nitrogen and oxygen atoms in total. The van der Waals surface area contributed by atoms with Gasteiger partial charge >= 0.3 is 37.2 Å². The van der Waals surface area contributed by atoms with Crippen LogP contribution in [0.15, 0.2) is 42.9 Å². The van der Waals surface area contributed by atoms with Crippen LogP contribution in [-0.2, 0) is 15.6 Å². The Morgan fingerprint density at radius 3 is 2.44 bits per heavy atom. The van der Waals surface area contributed by atoms with Crippen LogP contribution < -0.4 is 34.5 Å². The van der Waals surface area contributed by atoms with Crippen LogP contribution in [0.4, 0.5) is 4.39 Å². The molecule has 3 rings (SSSR count). The number of nitrogens with one attached hydrogen (secondary N) is 1. The average Bonchev–Trinajstić information content (AvgIpc) is 3.00. The van der Waals surface area contributed by atoms with Crippen LogP contribution in [0.25, 0.3) is 22.0 Å². The van der Waals surface area contributed by atoms with Crippen molar-refractivity contribution < 1.29 is 62.7 Å². The Morgan fingerprint density at radius 1 is 1.11 bits per heavy atom. The van der Waals surface area contributed by atoms with E-state index in [2.05, 4.69) is 15.2 Å². The molecule has 13 heteroatoms. The summed E-state index contributed by atoms with van der Waals surface area (Å²) in [5.74, 6) is 0. The molecular formula is C14H13FN3NaO6P2. The van der Waals surface area contributed by atoms with Crippen molar-refractivity contribution in [2.75, 3.05) is 0 Å². The molecule has 2 heterocycles. The van der Waals surface area contributed by atoms with Crippen LogP contribution in [0.1, 0.15) is 5.56 Å². The summed E-state index contributed by atoms with van der Waals surface area (Å²) in [6, 6.07) is 6.58. The van der Waals surface area contributed by atoms with Crippen molar-refractivity contribution in [1.82, 2.24) is 15.2 Å². The molecule has 2 aromatic heterocycles. The predicted octanol–water partition coefficient (Wildman–Crippen LogP) is -1.48. The summed E-state index contributed by atoms with van der Waals surface area (Å²) in [7, 11) is -11.8. The zero-order valence-corrected chi connectivity index (χ0v) is 17.8. The maximum absolute atomic E-state index is 14.6. The number of benzene rings is 1. The van der Waals surface area contributed by atoms with Crippen LogP contribution >= 0.6 is 15.2 Å². The Kier molecular flexibility index (Phi) is 6.48. The average molecular weight is 423 g/mol. The van der Waals surface area contributed by atoms with Gasteiger partial charge in [-0.1, -0.05) is 12.1 Å². The minimum absolute atomic E-state index is 0. The van der Waals surface area contributed by atoms with Gasteiger partial charge in [-0.2, -0.15) is 5.10 Å². The Balaban J connectivity index is 0.00000261. The molecule has 2 unspecified atom stereocenters. The molecule has 0 fully saturated rings. The van der Waals surface area contributed by atoms with E-state index in [1.54, 1.807) is 24.4 Å². The summed E-state index contributed by atoms with van der Waals surface area (Å²) in [4.78, 5) is 42.3. The summed E-state index contributed by atoms with van der Waals surface area (Å²) in [5.41, 5.74) is 1.72. The van der Waals surface area contributed by atoms with Gasteiger partial charge in [0, 0.05) is 29.8 Å². The minimum Gasteiger partial charge on any atom is -0.776 e. The van der Waals surface area contributed by atoms with Gasteiger partial charge in [-0.25, -0.2) is 4.39 Å². The largest absolute Gasteiger partial charge is 1.00 e. The maximum Gasteiger partial charge on any atom is 1.00 e. The number of hydrogen-bond donors (Lipinski definition) is 4. The first-order valence-corrected chi connectivity index (χ1v) is 10.4. The monoisotopic (exact) mass is 423 g/mol. The molecule has 0 aliphatic heterocycles. The zero-order chi connectivity index (χ0) is 19.2. The number of hydrogen-bond acceptors (Lipinski definition) is 5. The molecule has 0 amide bonds. The number of alkyl halides is 1. The molecule has 0 aliphatic carbocycles. The van der Waals surface area contributed by atoms with Crippen molar-refractivity contribution in [3.63, 3.8) is 0 Å². The number of aromatic nitrogens is 3. The number of halogens is 1. The summed E-state index contributed by atoms with van der Waals surface area (Å²) in [6.07, 6.45) is 2.87. The summed E-state index contributed by atoms with van der Waals surface area (Å²) in [6.45, 7) is 0. The number of fused-ring (bicyclic) bond motifs is 1. The second-order valence-corrected chi connectivity index (χ2v) is 9.61. The maximum atomic E-state index is 14.6. The Hall–Kier alpha value is -0.930. The molecule has 3 aromatic rings. The van der Waals surface area contributed by atoms with Crippen molar-refractivity contribution in [3.05, 3.63) is 48.4 Å². The number of rotatable bonds is 5. The van der Waals surface area contributed by atoms with Gasteiger partial charge in [0.2, 0.25) is 0 Å². The quantitative estimate of drug-likeness (QED) is 0.286. The van der Waals surface area contributed by atoms with Crippen LogP contribution in [0.3, 0.4) is 0 Å². The Bertz CT molecular complexity index is 1040. The van der Waals surface area contributed by atoms with E-state index in [1.165, 1.54) is 12.3 Å². The third-order valence-corrected chi connectivity index (χ3v) is 7.49. The van der Waals surface area contributed by atoms with Gasteiger partial charge in [-0.05, 0) is 23.3 Å². The van der Waals surface area contributed by atoms with Gasteiger partial charge in [-0.3, -0.25) is 14.6 Å². The van der Waals surface area contributed by atoms with Crippen LogP contribution in [0.2, 0.25) is 0 Å². The minimum atomic E-state index is -6.01. The number of nitrogens with zero attached hydrogens (tertiary/aromatic N) is 2. The Morgan fingerprint density at radius 2 is 1.81 bits per heavy atom. The topological polar surface area (TPSA) is 159 Å². The van der Waals surface area contributed by atoms with E-state index < -0.39 is 26.8 Å². The zero-order valence-electron chi connectivity index (χ0n) is 14.0. The van der Waals surface area contributed by atoms with Gasteiger partial charge in [-0.15, -0.1) is 0 Å². The molecule has 0 saturated heterocycles. The van der Waals surface area contributed by atoms with E-state index in [0.717, 1.165) is 17.1 Å². The number of pyridine rings is 1. The normalized spacial score (nSPS) is 16.3. The molecule has 1 aromatic carbocycles. The fourth-order valence-electron chi connectivity index (χ4n) is 2.49. The number of H-pyrrole nitrogens is 1. The van der Waals surface area contributed by atoms with Crippen molar-refractivity contribution in [2.45, 2.75) is 11.6 Å². The first-order chi connectivity index (χ1) is 12.0. The predicted molar refractivity (Wildman–Crippen MR) is 88.7 cm³/mol. The second kappa shape index (κ2) is 7.83. The fourth-order valence-corrected chi connectivity index (χ4v) is 4.57. The van der Waals surface area contributed by atoms with Crippen LogP contribution in [0, 0.1) is 0 Å². The van der Waals surface area contributed by atoms with Gasteiger partial charge in [0.15, 0.2) is 7.60 Å². The smallest absolute Gasteiger partial charge is 0.776 e. The van der Waals surface area contributed by atoms with E-state index in [9.17, 15) is 18.4 Å². The fraction of sp³-hybridized carbons (Fsp3) is 0.143. The van der Waals surface area contributed by atoms with Crippen LogP contribution in [-0.4, -0.2) is 35.0 Å². The molecule has 2 atom stereocenters. The summed E-state index contributed by atoms with van der Waals surface area (Å²) in [5, 5.41) is 3.39. The second-order valence-electron chi connectivity index (χ2n) is 5.71. The summed E-state index contributed by atoms with van der Waals surface area (Å²) < 4.78 is 37.2. The van der Waals surface area contributed by atoms with Crippen molar-refractivity contribution in [2.24, 2.45) is 0 Å². The van der Waals surface area contributed by atoms with Crippen molar-refractivity contribution >= 4 is 26.1 Å². The first kappa shape index (κ1) is 22.4. The third kappa shape index (κ3) is 4.40. The van der Waals surface area contributed by atoms with E-state index in [4.69, 9.17) is 14.7 Å². The van der Waals surface area contributed by atoms with Gasteiger partial charge < -0.3 is 24.1 Å². The standard InChI is InChI=1S/C14H14FN3O6P2.Na/c15-14(25(19,20)21,26(22,23)24)5-9-3-12(7-16-6-9)10-1-2-11-8-17-18-13(11)4-10;/h1-4,6-8H,5H2,(H,17,18)(H2,19,20,21)(H2,22,23,24);/q;+1/p-1. The van der Waals surface area contributed by atoms with E-state index >= 15 is 0 Å². The van der Waals surface area contributed by atoms with Gasteiger partial charge in [0.1, 0.15) is 0 Å². The van der Waals surface area contributed by atoms with E-state index in [0.29, 0.717) is 11.1 Å². The van der Waals surface area contributed by atoms with Crippen molar-refractivity contribution in [3.8, 4) is 11.1 Å². The Labute approximate surface area is 174 Å². The van der Waals surface area contributed by atoms with Gasteiger partial charge in [0.25, 0.3) is 5.15 Å². The third-order valence-electron chi connectivity index (χ3n) is 3.88. The molecule has 0 bridgehead atoms. The van der Waals surface area contributed by atoms with Crippen molar-refractivity contribution in [1.29, 1.82) is 0 Å². The SMILES string of the molecule is O=P([O-])(O)C(F)(Cc1cncc(-c2ccc3cn[nH]c3c2)c1)P(=O)(O)O.[Na+]. The van der Waals surface area contributed by atoms with Crippen LogP contribution in [0.5, 0.6) is 0 Å². The molecule has 4 N–H and O–H groups in total. The molecule has 0 spiro atoms. The molecule has 27 heavy (non-hydrogen) atoms. The molecule has 0 radical (unpaired) electrons.